The highest BCUT2D eigenvalue weighted by molar-refractivity contribution is 5.68. The first kappa shape index (κ1) is 11.2. The van der Waals surface area contributed by atoms with E-state index in [-0.39, 0.29) is 12.3 Å². The van der Waals surface area contributed by atoms with Gasteiger partial charge in [-0.15, -0.1) is 0 Å². The summed E-state index contributed by atoms with van der Waals surface area (Å²) in [5, 5.41) is 13.4. The number of nitrogens with zero attached hydrogens (tertiary/aromatic N) is 2. The summed E-state index contributed by atoms with van der Waals surface area (Å²) in [6.45, 7) is 5.01. The minimum Gasteiger partial charge on any atom is -0.481 e. The number of carbonyl (C=O) groups is 1. The largest absolute Gasteiger partial charge is 0.481 e. The second-order valence-electron chi connectivity index (χ2n) is 4.45. The van der Waals surface area contributed by atoms with E-state index in [1.54, 1.807) is 0 Å². The third-order valence-corrected chi connectivity index (χ3v) is 3.45. The minimum atomic E-state index is -0.721. The van der Waals surface area contributed by atoms with Crippen molar-refractivity contribution >= 4 is 5.97 Å². The smallest absolute Gasteiger partial charge is 0.304 e. The molecule has 0 aliphatic heterocycles. The number of rotatable bonds is 3. The molecule has 4 heteroatoms. The molecular weight excluding hydrogens is 204 g/mol. The van der Waals surface area contributed by atoms with Crippen molar-refractivity contribution in [2.24, 2.45) is 0 Å². The summed E-state index contributed by atoms with van der Waals surface area (Å²) in [4.78, 5) is 10.8. The van der Waals surface area contributed by atoms with E-state index in [1.807, 2.05) is 4.68 Å². The Balaban J connectivity index is 2.34. The van der Waals surface area contributed by atoms with E-state index in [4.69, 9.17) is 5.11 Å². The first-order valence-corrected chi connectivity index (χ1v) is 5.91. The van der Waals surface area contributed by atoms with Gasteiger partial charge in [0.05, 0.1) is 12.1 Å². The highest BCUT2D eigenvalue weighted by atomic mass is 16.4. The Morgan fingerprint density at radius 3 is 3.00 bits per heavy atom. The van der Waals surface area contributed by atoms with Gasteiger partial charge in [0.1, 0.15) is 0 Å². The Kier molecular flexibility index (Phi) is 2.99. The third-order valence-electron chi connectivity index (χ3n) is 3.45. The maximum absolute atomic E-state index is 10.8. The zero-order chi connectivity index (χ0) is 11.7. The fraction of sp³-hybridized carbons (Fsp3) is 0.667. The molecule has 1 atom stereocenters. The van der Waals surface area contributed by atoms with Crippen LogP contribution in [0.4, 0.5) is 0 Å². The van der Waals surface area contributed by atoms with Crippen LogP contribution in [-0.2, 0) is 17.8 Å². The molecule has 1 N–H and O–H groups in total. The summed E-state index contributed by atoms with van der Waals surface area (Å²) in [5.74, 6) is -0.602. The molecule has 0 bridgehead atoms. The second kappa shape index (κ2) is 4.28. The van der Waals surface area contributed by atoms with E-state index in [9.17, 15) is 4.79 Å². The van der Waals surface area contributed by atoms with Crippen LogP contribution in [0.3, 0.4) is 0 Å². The Hall–Kier alpha value is -1.32. The topological polar surface area (TPSA) is 55.1 Å². The molecule has 0 spiro atoms. The summed E-state index contributed by atoms with van der Waals surface area (Å²) in [7, 11) is 0. The molecule has 1 heterocycles. The number of aromatic nitrogens is 2. The molecule has 1 unspecified atom stereocenters. The number of fused-ring (bicyclic) bond motifs is 1. The van der Waals surface area contributed by atoms with Gasteiger partial charge in [-0.3, -0.25) is 9.48 Å². The quantitative estimate of drug-likeness (QED) is 0.852. The van der Waals surface area contributed by atoms with Crippen molar-refractivity contribution < 1.29 is 9.90 Å². The standard InChI is InChI=1S/C12H18N2O2/c1-3-14-8(2)10-6-4-5-9(7-11(15)16)12(10)13-14/h9H,3-7H2,1-2H3,(H,15,16). The number of hydrogen-bond donors (Lipinski definition) is 1. The van der Waals surface area contributed by atoms with Crippen molar-refractivity contribution in [1.82, 2.24) is 9.78 Å². The van der Waals surface area contributed by atoms with Crippen molar-refractivity contribution in [1.29, 1.82) is 0 Å². The second-order valence-corrected chi connectivity index (χ2v) is 4.45. The maximum atomic E-state index is 10.8. The lowest BCUT2D eigenvalue weighted by Gasteiger charge is -2.19. The van der Waals surface area contributed by atoms with Gasteiger partial charge in [0.2, 0.25) is 0 Å². The molecule has 0 saturated heterocycles. The van der Waals surface area contributed by atoms with Crippen LogP contribution in [0, 0.1) is 6.92 Å². The summed E-state index contributed by atoms with van der Waals surface area (Å²) in [6.07, 6.45) is 3.31. The van der Waals surface area contributed by atoms with Gasteiger partial charge in [-0.05, 0) is 38.7 Å². The molecule has 0 radical (unpaired) electrons. The van der Waals surface area contributed by atoms with Gasteiger partial charge >= 0.3 is 5.97 Å². The number of hydrogen-bond acceptors (Lipinski definition) is 2. The number of aliphatic carboxylic acids is 1. The summed E-state index contributed by atoms with van der Waals surface area (Å²) >= 11 is 0. The van der Waals surface area contributed by atoms with Gasteiger partial charge in [-0.2, -0.15) is 5.10 Å². The minimum absolute atomic E-state index is 0.118. The van der Waals surface area contributed by atoms with Gasteiger partial charge in [0.25, 0.3) is 0 Å². The fourth-order valence-electron chi connectivity index (χ4n) is 2.62. The van der Waals surface area contributed by atoms with E-state index in [2.05, 4.69) is 18.9 Å². The van der Waals surface area contributed by atoms with Gasteiger partial charge in [-0.1, -0.05) is 0 Å². The van der Waals surface area contributed by atoms with E-state index >= 15 is 0 Å². The molecule has 88 valence electrons. The Morgan fingerprint density at radius 1 is 1.62 bits per heavy atom. The monoisotopic (exact) mass is 222 g/mol. The summed E-state index contributed by atoms with van der Waals surface area (Å²) in [6, 6.07) is 0. The molecule has 0 aromatic carbocycles. The number of aryl methyl sites for hydroxylation is 1. The average Bonchev–Trinajstić information content (AvgIpc) is 2.56. The van der Waals surface area contributed by atoms with Crippen LogP contribution in [0.15, 0.2) is 0 Å². The van der Waals surface area contributed by atoms with Crippen LogP contribution in [0.25, 0.3) is 0 Å². The molecule has 0 fully saturated rings. The highest BCUT2D eigenvalue weighted by Crippen LogP contribution is 2.34. The summed E-state index contributed by atoms with van der Waals surface area (Å²) < 4.78 is 1.99. The van der Waals surface area contributed by atoms with Crippen LogP contribution in [0.5, 0.6) is 0 Å². The zero-order valence-electron chi connectivity index (χ0n) is 9.86. The molecule has 16 heavy (non-hydrogen) atoms. The zero-order valence-corrected chi connectivity index (χ0v) is 9.86. The van der Waals surface area contributed by atoms with Crippen LogP contribution < -0.4 is 0 Å². The normalized spacial score (nSPS) is 19.5. The molecule has 0 amide bonds. The predicted octanol–water partition coefficient (Wildman–Crippen LogP) is 2.11. The lowest BCUT2D eigenvalue weighted by atomic mass is 9.85. The van der Waals surface area contributed by atoms with Crippen molar-refractivity contribution in [3.8, 4) is 0 Å². The Labute approximate surface area is 95.3 Å². The molecule has 1 aliphatic rings. The van der Waals surface area contributed by atoms with E-state index < -0.39 is 5.97 Å². The summed E-state index contributed by atoms with van der Waals surface area (Å²) in [5.41, 5.74) is 3.54. The predicted molar refractivity (Wildman–Crippen MR) is 60.6 cm³/mol. The van der Waals surface area contributed by atoms with E-state index in [0.717, 1.165) is 31.5 Å². The van der Waals surface area contributed by atoms with Crippen molar-refractivity contribution in [2.45, 2.75) is 52.0 Å². The molecule has 1 aliphatic carbocycles. The molecule has 4 nitrogen and oxygen atoms in total. The molecule has 1 aromatic heterocycles. The Bertz CT molecular complexity index is 409. The van der Waals surface area contributed by atoms with E-state index in [0.29, 0.717) is 0 Å². The number of carboxylic acids is 1. The molecular formula is C12H18N2O2. The van der Waals surface area contributed by atoms with E-state index in [1.165, 1.54) is 11.3 Å². The van der Waals surface area contributed by atoms with Crippen molar-refractivity contribution in [3.63, 3.8) is 0 Å². The SMILES string of the molecule is CCn1nc2c(c1C)CCCC2CC(=O)O. The fourth-order valence-corrected chi connectivity index (χ4v) is 2.62. The highest BCUT2D eigenvalue weighted by Gasteiger charge is 2.27. The maximum Gasteiger partial charge on any atom is 0.304 e. The molecule has 1 aromatic rings. The number of carboxylic acid groups (broad SMARTS) is 1. The third kappa shape index (κ3) is 1.84. The van der Waals surface area contributed by atoms with Crippen LogP contribution in [0.2, 0.25) is 0 Å². The lowest BCUT2D eigenvalue weighted by Crippen LogP contribution is -2.13. The molecule has 0 saturated carbocycles. The van der Waals surface area contributed by atoms with Crippen molar-refractivity contribution in [3.05, 3.63) is 17.0 Å². The first-order valence-electron chi connectivity index (χ1n) is 5.91. The molecule has 2 rings (SSSR count). The van der Waals surface area contributed by atoms with Crippen LogP contribution in [-0.4, -0.2) is 20.9 Å². The van der Waals surface area contributed by atoms with Gasteiger partial charge in [0.15, 0.2) is 0 Å². The first-order chi connectivity index (χ1) is 7.63. The van der Waals surface area contributed by atoms with Gasteiger partial charge < -0.3 is 5.11 Å². The van der Waals surface area contributed by atoms with Crippen molar-refractivity contribution in [2.75, 3.05) is 0 Å². The van der Waals surface area contributed by atoms with Crippen LogP contribution >= 0.6 is 0 Å². The Morgan fingerprint density at radius 2 is 2.38 bits per heavy atom. The van der Waals surface area contributed by atoms with Crippen LogP contribution in [0.1, 0.15) is 49.1 Å². The average molecular weight is 222 g/mol. The van der Waals surface area contributed by atoms with Gasteiger partial charge in [0, 0.05) is 18.2 Å². The lowest BCUT2D eigenvalue weighted by molar-refractivity contribution is -0.137. The van der Waals surface area contributed by atoms with Gasteiger partial charge in [-0.25, -0.2) is 0 Å².